The first-order chi connectivity index (χ1) is 8.44. The summed E-state index contributed by atoms with van der Waals surface area (Å²) in [5, 5.41) is 12.4. The van der Waals surface area contributed by atoms with Gasteiger partial charge in [0.15, 0.2) is 0 Å². The summed E-state index contributed by atoms with van der Waals surface area (Å²) in [7, 11) is 1.54. The highest BCUT2D eigenvalue weighted by molar-refractivity contribution is 5.92. The fourth-order valence-corrected chi connectivity index (χ4v) is 1.28. The predicted octanol–water partition coefficient (Wildman–Crippen LogP) is 0.738. The zero-order valence-electron chi connectivity index (χ0n) is 10.4. The summed E-state index contributed by atoms with van der Waals surface area (Å²) < 4.78 is 17.5. The van der Waals surface area contributed by atoms with Crippen LogP contribution in [0.3, 0.4) is 0 Å². The van der Waals surface area contributed by atoms with E-state index < -0.39 is 17.3 Å². The molecular weight excluding hydrogens is 239 g/mol. The molecule has 100 valence electrons. The molecular formula is C12H17FN2O3. The average molecular weight is 256 g/mol. The minimum atomic E-state index is -1.05. The number of hydrogen-bond donors (Lipinski definition) is 2. The van der Waals surface area contributed by atoms with Crippen LogP contribution in [0.4, 0.5) is 4.39 Å². The van der Waals surface area contributed by atoms with Crippen molar-refractivity contribution in [3.63, 3.8) is 0 Å². The van der Waals surface area contributed by atoms with Gasteiger partial charge in [0, 0.05) is 26.7 Å². The van der Waals surface area contributed by atoms with Crippen LogP contribution in [-0.4, -0.2) is 41.9 Å². The Hall–Kier alpha value is -1.53. The maximum absolute atomic E-state index is 12.6. The van der Waals surface area contributed by atoms with Gasteiger partial charge in [-0.2, -0.15) is 0 Å². The van der Waals surface area contributed by atoms with Crippen molar-refractivity contribution >= 4 is 5.91 Å². The third-order valence-electron chi connectivity index (χ3n) is 2.43. The number of carbonyl (C=O) groups excluding carboxylic acids is 1. The number of nitrogens with zero attached hydrogens (tertiary/aromatic N) is 1. The van der Waals surface area contributed by atoms with E-state index in [0.717, 1.165) is 12.3 Å². The van der Waals surface area contributed by atoms with Crippen molar-refractivity contribution in [1.29, 1.82) is 0 Å². The molecule has 18 heavy (non-hydrogen) atoms. The van der Waals surface area contributed by atoms with Crippen LogP contribution in [0.5, 0.6) is 0 Å². The normalized spacial score (nSPS) is 14.0. The van der Waals surface area contributed by atoms with E-state index in [0.29, 0.717) is 13.0 Å². The molecule has 1 rings (SSSR count). The topological polar surface area (TPSA) is 71.5 Å². The van der Waals surface area contributed by atoms with E-state index in [1.807, 2.05) is 0 Å². The van der Waals surface area contributed by atoms with E-state index in [4.69, 9.17) is 4.74 Å². The van der Waals surface area contributed by atoms with Gasteiger partial charge in [-0.1, -0.05) is 0 Å². The molecule has 5 nitrogen and oxygen atoms in total. The minimum Gasteiger partial charge on any atom is -0.388 e. The Labute approximate surface area is 105 Å². The van der Waals surface area contributed by atoms with Gasteiger partial charge in [0.25, 0.3) is 5.91 Å². The van der Waals surface area contributed by atoms with Crippen LogP contribution in [-0.2, 0) is 4.74 Å². The molecule has 1 aromatic rings. The molecule has 1 heterocycles. The monoisotopic (exact) mass is 256 g/mol. The van der Waals surface area contributed by atoms with Crippen molar-refractivity contribution in [2.24, 2.45) is 0 Å². The molecule has 0 bridgehead atoms. The molecule has 1 atom stereocenters. The smallest absolute Gasteiger partial charge is 0.269 e. The summed E-state index contributed by atoms with van der Waals surface area (Å²) in [6.45, 7) is 2.08. The number of carbonyl (C=O) groups is 1. The fraction of sp³-hybridized carbons (Fsp3) is 0.500. The fourth-order valence-electron chi connectivity index (χ4n) is 1.28. The molecule has 1 amide bonds. The number of aliphatic hydroxyl groups is 1. The molecule has 0 aliphatic heterocycles. The summed E-state index contributed by atoms with van der Waals surface area (Å²) in [5.74, 6) is -0.952. The molecule has 1 unspecified atom stereocenters. The quantitative estimate of drug-likeness (QED) is 0.787. The van der Waals surface area contributed by atoms with Gasteiger partial charge in [0.2, 0.25) is 0 Å². The van der Waals surface area contributed by atoms with Crippen molar-refractivity contribution in [1.82, 2.24) is 10.3 Å². The Morgan fingerprint density at radius 3 is 2.89 bits per heavy atom. The van der Waals surface area contributed by atoms with E-state index in [2.05, 4.69) is 10.3 Å². The van der Waals surface area contributed by atoms with Crippen LogP contribution in [0.15, 0.2) is 18.3 Å². The molecule has 0 radical (unpaired) electrons. The Morgan fingerprint density at radius 1 is 1.61 bits per heavy atom. The van der Waals surface area contributed by atoms with E-state index >= 15 is 0 Å². The standard InChI is InChI=1S/C12H17FN2O3/c1-12(17,5-6-18-2)8-15-11(16)10-4-3-9(13)7-14-10/h3-4,7,17H,5-6,8H2,1-2H3,(H,15,16). The first-order valence-corrected chi connectivity index (χ1v) is 5.56. The second-order valence-corrected chi connectivity index (χ2v) is 4.28. The lowest BCUT2D eigenvalue weighted by molar-refractivity contribution is 0.0243. The van der Waals surface area contributed by atoms with Crippen molar-refractivity contribution in [2.75, 3.05) is 20.3 Å². The third-order valence-corrected chi connectivity index (χ3v) is 2.43. The highest BCUT2D eigenvalue weighted by Crippen LogP contribution is 2.08. The maximum atomic E-state index is 12.6. The molecule has 0 saturated carbocycles. The van der Waals surface area contributed by atoms with Gasteiger partial charge in [0.1, 0.15) is 11.5 Å². The lowest BCUT2D eigenvalue weighted by atomic mass is 10.0. The molecule has 6 heteroatoms. The third kappa shape index (κ3) is 4.77. The number of ether oxygens (including phenoxy) is 1. The number of pyridine rings is 1. The van der Waals surface area contributed by atoms with E-state index in [9.17, 15) is 14.3 Å². The van der Waals surface area contributed by atoms with Crippen LogP contribution >= 0.6 is 0 Å². The zero-order chi connectivity index (χ0) is 13.6. The highest BCUT2D eigenvalue weighted by Gasteiger charge is 2.21. The van der Waals surface area contributed by atoms with Gasteiger partial charge < -0.3 is 15.2 Å². The summed E-state index contributed by atoms with van der Waals surface area (Å²) in [6, 6.07) is 2.44. The number of amides is 1. The minimum absolute atomic E-state index is 0.0776. The molecule has 1 aromatic heterocycles. The Bertz CT molecular complexity index is 393. The largest absolute Gasteiger partial charge is 0.388 e. The van der Waals surface area contributed by atoms with Crippen LogP contribution in [0, 0.1) is 5.82 Å². The molecule has 0 spiro atoms. The number of hydrogen-bond acceptors (Lipinski definition) is 4. The summed E-state index contributed by atoms with van der Waals surface area (Å²) in [6.07, 6.45) is 1.37. The number of aromatic nitrogens is 1. The Kier molecular flexibility index (Phi) is 5.18. The maximum Gasteiger partial charge on any atom is 0.269 e. The zero-order valence-corrected chi connectivity index (χ0v) is 10.4. The van der Waals surface area contributed by atoms with E-state index in [1.54, 1.807) is 6.92 Å². The summed E-state index contributed by atoms with van der Waals surface area (Å²) in [5.41, 5.74) is -0.940. The van der Waals surface area contributed by atoms with E-state index in [-0.39, 0.29) is 12.2 Å². The van der Waals surface area contributed by atoms with Crippen molar-refractivity contribution in [2.45, 2.75) is 18.9 Å². The molecule has 2 N–H and O–H groups in total. The highest BCUT2D eigenvalue weighted by atomic mass is 19.1. The second kappa shape index (κ2) is 6.42. The summed E-state index contributed by atoms with van der Waals surface area (Å²) in [4.78, 5) is 15.3. The first kappa shape index (κ1) is 14.5. The van der Waals surface area contributed by atoms with Gasteiger partial charge in [-0.05, 0) is 19.1 Å². The van der Waals surface area contributed by atoms with Gasteiger partial charge in [-0.15, -0.1) is 0 Å². The number of halogens is 1. The number of rotatable bonds is 6. The lowest BCUT2D eigenvalue weighted by Crippen LogP contribution is -2.41. The Balaban J connectivity index is 2.48. The average Bonchev–Trinajstić information content (AvgIpc) is 2.35. The first-order valence-electron chi connectivity index (χ1n) is 5.56. The lowest BCUT2D eigenvalue weighted by Gasteiger charge is -2.23. The molecule has 0 aliphatic rings. The second-order valence-electron chi connectivity index (χ2n) is 4.28. The van der Waals surface area contributed by atoms with Crippen LogP contribution in [0.1, 0.15) is 23.8 Å². The van der Waals surface area contributed by atoms with Crippen LogP contribution < -0.4 is 5.32 Å². The van der Waals surface area contributed by atoms with Crippen LogP contribution in [0.2, 0.25) is 0 Å². The van der Waals surface area contributed by atoms with Gasteiger partial charge in [0.05, 0.1) is 11.8 Å². The van der Waals surface area contributed by atoms with E-state index in [1.165, 1.54) is 13.2 Å². The molecule has 0 saturated heterocycles. The van der Waals surface area contributed by atoms with Crippen molar-refractivity contribution in [3.8, 4) is 0 Å². The van der Waals surface area contributed by atoms with Crippen LogP contribution in [0.25, 0.3) is 0 Å². The van der Waals surface area contributed by atoms with Gasteiger partial charge in [-0.3, -0.25) is 4.79 Å². The van der Waals surface area contributed by atoms with Crippen molar-refractivity contribution in [3.05, 3.63) is 29.8 Å². The number of methoxy groups -OCH3 is 1. The number of nitrogens with one attached hydrogen (secondary N) is 1. The van der Waals surface area contributed by atoms with Crippen molar-refractivity contribution < 1.29 is 19.0 Å². The Morgan fingerprint density at radius 2 is 2.33 bits per heavy atom. The molecule has 0 fully saturated rings. The van der Waals surface area contributed by atoms with Gasteiger partial charge in [-0.25, -0.2) is 9.37 Å². The molecule has 0 aliphatic carbocycles. The molecule has 0 aromatic carbocycles. The SMILES string of the molecule is COCCC(C)(O)CNC(=O)c1ccc(F)cn1. The summed E-state index contributed by atoms with van der Waals surface area (Å²) >= 11 is 0. The predicted molar refractivity (Wildman–Crippen MR) is 63.6 cm³/mol. The van der Waals surface area contributed by atoms with Gasteiger partial charge >= 0.3 is 0 Å².